The zero-order valence-electron chi connectivity index (χ0n) is 14.5. The second kappa shape index (κ2) is 5.42. The smallest absolute Gasteiger partial charge is 0.329 e. The number of carbonyl (C=O) groups is 1. The summed E-state index contributed by atoms with van der Waals surface area (Å²) in [4.78, 5) is 18.8. The Labute approximate surface area is 151 Å². The molecule has 1 saturated heterocycles. The molecule has 1 aliphatic carbocycles. The van der Waals surface area contributed by atoms with Gasteiger partial charge in [-0.1, -0.05) is 0 Å². The number of thioether (sulfide) groups is 1. The van der Waals surface area contributed by atoms with Crippen LogP contribution in [0.3, 0.4) is 0 Å². The van der Waals surface area contributed by atoms with Crippen molar-refractivity contribution >= 4 is 28.6 Å². The number of aromatic nitrogens is 1. The number of nitrogens with one attached hydrogen (secondary N) is 1. The maximum atomic E-state index is 12.9. The average Bonchev–Trinajstić information content (AvgIpc) is 3.28. The van der Waals surface area contributed by atoms with Gasteiger partial charge < -0.3 is 14.5 Å². The van der Waals surface area contributed by atoms with Gasteiger partial charge in [0.25, 0.3) is 0 Å². The highest BCUT2D eigenvalue weighted by Crippen LogP contribution is 2.69. The van der Waals surface area contributed by atoms with Gasteiger partial charge in [-0.05, 0) is 42.9 Å². The van der Waals surface area contributed by atoms with Crippen molar-refractivity contribution in [3.63, 3.8) is 0 Å². The van der Waals surface area contributed by atoms with Crippen LogP contribution < -0.4 is 4.74 Å². The number of fused-ring (bicyclic) bond motifs is 4. The molecule has 3 atom stereocenters. The lowest BCUT2D eigenvalue weighted by Crippen LogP contribution is -2.57. The Morgan fingerprint density at radius 1 is 1.48 bits per heavy atom. The largest absolute Gasteiger partial charge is 0.497 e. The van der Waals surface area contributed by atoms with E-state index in [1.54, 1.807) is 18.9 Å². The first-order valence-electron chi connectivity index (χ1n) is 8.81. The van der Waals surface area contributed by atoms with Crippen LogP contribution in [0.15, 0.2) is 18.2 Å². The third kappa shape index (κ3) is 2.04. The summed E-state index contributed by atoms with van der Waals surface area (Å²) in [5, 5.41) is 1.20. The Morgan fingerprint density at radius 2 is 2.36 bits per heavy atom. The lowest BCUT2D eigenvalue weighted by atomic mass is 9.84. The summed E-state index contributed by atoms with van der Waals surface area (Å²) < 4.78 is 11.0. The summed E-state index contributed by atoms with van der Waals surface area (Å²) in [6.07, 6.45) is 4.36. The van der Waals surface area contributed by atoms with E-state index in [9.17, 15) is 4.79 Å². The van der Waals surface area contributed by atoms with Crippen LogP contribution in [0.5, 0.6) is 5.75 Å². The van der Waals surface area contributed by atoms with Crippen LogP contribution in [0.1, 0.15) is 36.1 Å². The zero-order valence-corrected chi connectivity index (χ0v) is 15.3. The third-order valence-corrected chi connectivity index (χ3v) is 6.74. The van der Waals surface area contributed by atoms with Gasteiger partial charge in [-0.2, -0.15) is 11.8 Å². The number of hydrogen-bond donors (Lipinski definition) is 1. The Bertz CT molecular complexity index is 864. The van der Waals surface area contributed by atoms with E-state index in [2.05, 4.69) is 22.0 Å². The Kier molecular flexibility index (Phi) is 3.38. The molecule has 25 heavy (non-hydrogen) atoms. The molecule has 5 nitrogen and oxygen atoms in total. The van der Waals surface area contributed by atoms with Gasteiger partial charge in [-0.3, -0.25) is 4.90 Å². The minimum Gasteiger partial charge on any atom is -0.497 e. The van der Waals surface area contributed by atoms with E-state index >= 15 is 0 Å². The number of H-pyrrole nitrogens is 1. The molecule has 5 rings (SSSR count). The SMILES string of the molecule is COc1ccc2[nH]c3c(c2c1)C1CC12CCN2C3C(=O)OCCSC. The molecule has 132 valence electrons. The van der Waals surface area contributed by atoms with E-state index in [0.29, 0.717) is 12.5 Å². The van der Waals surface area contributed by atoms with Crippen LogP contribution in [0.2, 0.25) is 0 Å². The number of methoxy groups -OCH3 is 1. The predicted molar refractivity (Wildman–Crippen MR) is 98.3 cm³/mol. The second-order valence-corrected chi connectivity index (χ2v) is 8.22. The predicted octanol–water partition coefficient (Wildman–Crippen LogP) is 3.07. The number of esters is 1. The zero-order chi connectivity index (χ0) is 17.2. The topological polar surface area (TPSA) is 54.6 Å². The minimum atomic E-state index is -0.289. The Balaban J connectivity index is 1.59. The quantitative estimate of drug-likeness (QED) is 0.658. The number of aromatic amines is 1. The molecule has 0 amide bonds. The normalized spacial score (nSPS) is 29.4. The first-order valence-corrected chi connectivity index (χ1v) is 10.2. The van der Waals surface area contributed by atoms with Crippen LogP contribution in [-0.4, -0.2) is 53.7 Å². The Morgan fingerprint density at radius 3 is 3.08 bits per heavy atom. The van der Waals surface area contributed by atoms with E-state index < -0.39 is 0 Å². The van der Waals surface area contributed by atoms with Crippen LogP contribution in [-0.2, 0) is 9.53 Å². The number of carbonyl (C=O) groups excluding carboxylic acids is 1. The summed E-state index contributed by atoms with van der Waals surface area (Å²) >= 11 is 1.69. The van der Waals surface area contributed by atoms with Crippen molar-refractivity contribution in [2.24, 2.45) is 0 Å². The highest BCUT2D eigenvalue weighted by atomic mass is 32.2. The van der Waals surface area contributed by atoms with E-state index in [-0.39, 0.29) is 17.6 Å². The molecule has 3 heterocycles. The van der Waals surface area contributed by atoms with Gasteiger partial charge in [0.1, 0.15) is 18.4 Å². The highest BCUT2D eigenvalue weighted by molar-refractivity contribution is 7.98. The fourth-order valence-electron chi connectivity index (χ4n) is 4.81. The Hall–Kier alpha value is -1.66. The summed E-state index contributed by atoms with van der Waals surface area (Å²) in [6.45, 7) is 1.46. The molecular weight excluding hydrogens is 336 g/mol. The van der Waals surface area contributed by atoms with Gasteiger partial charge >= 0.3 is 5.97 Å². The van der Waals surface area contributed by atoms with Crippen molar-refractivity contribution in [2.45, 2.75) is 30.3 Å². The fraction of sp³-hybridized carbons (Fsp3) is 0.526. The number of ether oxygens (including phenoxy) is 2. The van der Waals surface area contributed by atoms with E-state index in [1.165, 1.54) is 17.4 Å². The molecule has 6 heteroatoms. The highest BCUT2D eigenvalue weighted by Gasteiger charge is 2.70. The fourth-order valence-corrected chi connectivity index (χ4v) is 5.06. The third-order valence-electron chi connectivity index (χ3n) is 6.17. The number of rotatable bonds is 5. The van der Waals surface area contributed by atoms with Crippen LogP contribution in [0.4, 0.5) is 0 Å². The molecule has 2 aliphatic heterocycles. The molecule has 1 aromatic carbocycles. The maximum absolute atomic E-state index is 12.9. The first-order chi connectivity index (χ1) is 12.2. The van der Waals surface area contributed by atoms with Crippen LogP contribution in [0, 0.1) is 0 Å². The van der Waals surface area contributed by atoms with Crippen molar-refractivity contribution in [2.75, 3.05) is 32.3 Å². The number of benzene rings is 1. The molecule has 1 saturated carbocycles. The van der Waals surface area contributed by atoms with E-state index in [1.807, 2.05) is 12.3 Å². The summed E-state index contributed by atoms with van der Waals surface area (Å²) in [7, 11) is 1.69. The molecule has 1 aromatic heterocycles. The van der Waals surface area contributed by atoms with Crippen LogP contribution in [0.25, 0.3) is 10.9 Å². The van der Waals surface area contributed by atoms with E-state index in [0.717, 1.165) is 35.7 Å². The summed E-state index contributed by atoms with van der Waals surface area (Å²) in [5.74, 6) is 2.12. The molecule has 0 radical (unpaired) electrons. The lowest BCUT2D eigenvalue weighted by molar-refractivity contribution is -0.155. The molecule has 3 unspecified atom stereocenters. The minimum absolute atomic E-state index is 0.113. The molecule has 2 aromatic rings. The number of nitrogens with zero attached hydrogens (tertiary/aromatic N) is 1. The van der Waals surface area contributed by atoms with E-state index in [4.69, 9.17) is 9.47 Å². The lowest BCUT2D eigenvalue weighted by Gasteiger charge is -2.49. The van der Waals surface area contributed by atoms with Gasteiger partial charge in [0.15, 0.2) is 0 Å². The van der Waals surface area contributed by atoms with Gasteiger partial charge in [0.2, 0.25) is 0 Å². The maximum Gasteiger partial charge on any atom is 0.329 e. The molecule has 2 fully saturated rings. The second-order valence-electron chi connectivity index (χ2n) is 7.23. The molecule has 3 aliphatic rings. The van der Waals surface area contributed by atoms with Gasteiger partial charge in [0, 0.05) is 40.4 Å². The number of hydrogen-bond acceptors (Lipinski definition) is 5. The van der Waals surface area contributed by atoms with Crippen molar-refractivity contribution in [1.29, 1.82) is 0 Å². The van der Waals surface area contributed by atoms with Crippen LogP contribution >= 0.6 is 11.8 Å². The van der Waals surface area contributed by atoms with Gasteiger partial charge in [-0.25, -0.2) is 4.79 Å². The standard InChI is InChI=1S/C19H22N2O3S/c1-23-11-3-4-14-12(9-11)15-13-10-19(13)5-6-21(19)17(16(15)20-14)18(22)24-7-8-25-2/h3-4,9,13,17,20H,5-8,10H2,1-2H3. The monoisotopic (exact) mass is 358 g/mol. The van der Waals surface area contributed by atoms with Gasteiger partial charge in [0.05, 0.1) is 7.11 Å². The van der Waals surface area contributed by atoms with Crippen molar-refractivity contribution in [3.8, 4) is 5.75 Å². The van der Waals surface area contributed by atoms with Crippen molar-refractivity contribution in [3.05, 3.63) is 29.5 Å². The average molecular weight is 358 g/mol. The van der Waals surface area contributed by atoms with Gasteiger partial charge in [-0.15, -0.1) is 0 Å². The summed E-state index contributed by atoms with van der Waals surface area (Å²) in [6, 6.07) is 5.83. The summed E-state index contributed by atoms with van der Waals surface area (Å²) in [5.41, 5.74) is 3.64. The first kappa shape index (κ1) is 15.6. The molecule has 1 spiro atoms. The van der Waals surface area contributed by atoms with Crippen molar-refractivity contribution < 1.29 is 14.3 Å². The van der Waals surface area contributed by atoms with Crippen molar-refractivity contribution in [1.82, 2.24) is 9.88 Å². The molecule has 0 bridgehead atoms. The molecule has 1 N–H and O–H groups in total. The molecular formula is C19H22N2O3S.